The van der Waals surface area contributed by atoms with Gasteiger partial charge < -0.3 is 14.6 Å². The summed E-state index contributed by atoms with van der Waals surface area (Å²) in [4.78, 5) is 22.7. The van der Waals surface area contributed by atoms with Gasteiger partial charge >= 0.3 is 11.9 Å². The molecule has 0 amide bonds. The lowest BCUT2D eigenvalue weighted by atomic mass is 10.1. The molecule has 8 nitrogen and oxygen atoms in total. The van der Waals surface area contributed by atoms with Crippen molar-refractivity contribution in [3.8, 4) is 0 Å². The van der Waals surface area contributed by atoms with Gasteiger partial charge in [0.1, 0.15) is 6.04 Å². The summed E-state index contributed by atoms with van der Waals surface area (Å²) < 4.78 is 36.7. The Morgan fingerprint density at radius 3 is 2.42 bits per heavy atom. The minimum absolute atomic E-state index is 0.0368. The van der Waals surface area contributed by atoms with Crippen LogP contribution in [0.2, 0.25) is 0 Å². The molecular weight excluding hydrogens is 338 g/mol. The van der Waals surface area contributed by atoms with E-state index in [0.717, 1.165) is 6.07 Å². The predicted octanol–water partition coefficient (Wildman–Crippen LogP) is 1.15. The second-order valence-corrected chi connectivity index (χ2v) is 6.80. The van der Waals surface area contributed by atoms with E-state index in [4.69, 9.17) is 9.84 Å². The monoisotopic (exact) mass is 359 g/mol. The lowest BCUT2D eigenvalue weighted by Crippen LogP contribution is -2.40. The molecule has 0 saturated carbocycles. The molecule has 1 aromatic carbocycles. The largest absolute Gasteiger partial charge is 0.480 e. The van der Waals surface area contributed by atoms with Crippen LogP contribution in [-0.2, 0) is 30.9 Å². The van der Waals surface area contributed by atoms with Gasteiger partial charge in [0.25, 0.3) is 0 Å². The number of hydrogen-bond acceptors (Lipinski definition) is 6. The highest BCUT2D eigenvalue weighted by atomic mass is 32.2. The van der Waals surface area contributed by atoms with Gasteiger partial charge in [0.2, 0.25) is 10.0 Å². The molecular formula is C15H21NO7S. The van der Waals surface area contributed by atoms with Crippen LogP contribution >= 0.6 is 0 Å². The summed E-state index contributed by atoms with van der Waals surface area (Å²) in [5, 5.41) is 9.11. The van der Waals surface area contributed by atoms with Crippen LogP contribution in [0.4, 0.5) is 0 Å². The van der Waals surface area contributed by atoms with Crippen LogP contribution in [0.5, 0.6) is 0 Å². The van der Waals surface area contributed by atoms with E-state index >= 15 is 0 Å². The molecule has 1 atom stereocenters. The van der Waals surface area contributed by atoms with Gasteiger partial charge in [-0.2, -0.15) is 4.72 Å². The fraction of sp³-hybridized carbons (Fsp3) is 0.467. The van der Waals surface area contributed by atoms with Crippen molar-refractivity contribution < 1.29 is 32.6 Å². The van der Waals surface area contributed by atoms with E-state index in [1.807, 2.05) is 0 Å². The van der Waals surface area contributed by atoms with Gasteiger partial charge in [0.05, 0.1) is 24.2 Å². The minimum atomic E-state index is -4.13. The van der Waals surface area contributed by atoms with Crippen LogP contribution in [0.15, 0.2) is 23.1 Å². The Labute approximate surface area is 140 Å². The maximum absolute atomic E-state index is 12.5. The zero-order valence-corrected chi connectivity index (χ0v) is 14.6. The molecule has 0 saturated heterocycles. The van der Waals surface area contributed by atoms with E-state index in [1.165, 1.54) is 26.4 Å². The number of carboxylic acid groups (broad SMARTS) is 1. The summed E-state index contributed by atoms with van der Waals surface area (Å²) in [5.74, 6) is -1.96. The number of carbonyl (C=O) groups is 2. The average molecular weight is 359 g/mol. The van der Waals surface area contributed by atoms with Gasteiger partial charge in [-0.05, 0) is 30.2 Å². The molecule has 9 heteroatoms. The number of benzene rings is 1. The van der Waals surface area contributed by atoms with Gasteiger partial charge in [-0.3, -0.25) is 4.79 Å². The van der Waals surface area contributed by atoms with Crippen molar-refractivity contribution in [3.05, 3.63) is 29.3 Å². The predicted molar refractivity (Wildman–Crippen MR) is 85.1 cm³/mol. The first-order valence-corrected chi connectivity index (χ1v) is 8.69. The van der Waals surface area contributed by atoms with Crippen LogP contribution in [0, 0.1) is 0 Å². The molecule has 0 aliphatic rings. The number of rotatable bonds is 9. The number of hydrogen-bond donors (Lipinski definition) is 2. The number of ether oxygens (including phenoxy) is 2. The standard InChI is InChI=1S/C15H21NO7S/c1-4-5-13(14(17)18)16-24(20,21)12-7-10(9-22-2)6-11(8-12)15(19)23-3/h6-8,13,16H,4-5,9H2,1-3H3,(H,17,18). The van der Waals surface area contributed by atoms with Crippen molar-refractivity contribution in [2.24, 2.45) is 0 Å². The third-order valence-electron chi connectivity index (χ3n) is 3.18. The third kappa shape index (κ3) is 5.29. The molecule has 134 valence electrons. The number of esters is 1. The Hall–Kier alpha value is -1.97. The van der Waals surface area contributed by atoms with Crippen molar-refractivity contribution in [3.63, 3.8) is 0 Å². The summed E-state index contributed by atoms with van der Waals surface area (Å²) in [5.41, 5.74) is 0.484. The molecule has 24 heavy (non-hydrogen) atoms. The highest BCUT2D eigenvalue weighted by molar-refractivity contribution is 7.89. The molecule has 1 aromatic rings. The lowest BCUT2D eigenvalue weighted by molar-refractivity contribution is -0.139. The van der Waals surface area contributed by atoms with E-state index in [1.54, 1.807) is 6.92 Å². The van der Waals surface area contributed by atoms with Gasteiger partial charge in [0, 0.05) is 7.11 Å². The topological polar surface area (TPSA) is 119 Å². The van der Waals surface area contributed by atoms with Gasteiger partial charge in [-0.15, -0.1) is 0 Å². The fourth-order valence-corrected chi connectivity index (χ4v) is 3.40. The quantitative estimate of drug-likeness (QED) is 0.635. The summed E-state index contributed by atoms with van der Waals surface area (Å²) in [6, 6.07) is 2.67. The van der Waals surface area contributed by atoms with E-state index in [2.05, 4.69) is 9.46 Å². The zero-order chi connectivity index (χ0) is 18.3. The Kier molecular flexibility index (Phi) is 7.33. The second-order valence-electron chi connectivity index (χ2n) is 5.09. The first-order valence-electron chi connectivity index (χ1n) is 7.21. The lowest BCUT2D eigenvalue weighted by Gasteiger charge is -2.15. The number of sulfonamides is 1. The second kappa shape index (κ2) is 8.76. The summed E-state index contributed by atoms with van der Waals surface area (Å²) in [6.45, 7) is 1.84. The summed E-state index contributed by atoms with van der Waals surface area (Å²) in [6.07, 6.45) is 0.646. The number of carboxylic acids is 1. The first-order chi connectivity index (χ1) is 11.2. The molecule has 0 bridgehead atoms. The van der Waals surface area contributed by atoms with Crippen LogP contribution in [0.3, 0.4) is 0 Å². The van der Waals surface area contributed by atoms with Gasteiger partial charge in [-0.1, -0.05) is 13.3 Å². The zero-order valence-electron chi connectivity index (χ0n) is 13.7. The van der Waals surface area contributed by atoms with Crippen molar-refractivity contribution >= 4 is 22.0 Å². The van der Waals surface area contributed by atoms with Crippen LogP contribution in [0.25, 0.3) is 0 Å². The Balaban J connectivity index is 3.28. The molecule has 0 radical (unpaired) electrons. The third-order valence-corrected chi connectivity index (χ3v) is 4.63. The molecule has 0 heterocycles. The van der Waals surface area contributed by atoms with E-state index < -0.39 is 28.0 Å². The van der Waals surface area contributed by atoms with Gasteiger partial charge in [0.15, 0.2) is 0 Å². The van der Waals surface area contributed by atoms with Crippen molar-refractivity contribution in [1.29, 1.82) is 0 Å². The van der Waals surface area contributed by atoms with E-state index in [9.17, 15) is 18.0 Å². The van der Waals surface area contributed by atoms with Crippen molar-refractivity contribution in [2.75, 3.05) is 14.2 Å². The molecule has 0 aliphatic carbocycles. The fourth-order valence-electron chi connectivity index (χ4n) is 2.08. The van der Waals surface area contributed by atoms with E-state index in [0.29, 0.717) is 12.0 Å². The van der Waals surface area contributed by atoms with Crippen LogP contribution < -0.4 is 4.72 Å². The number of methoxy groups -OCH3 is 2. The normalized spacial score (nSPS) is 12.6. The van der Waals surface area contributed by atoms with Crippen molar-refractivity contribution in [2.45, 2.75) is 37.3 Å². The maximum Gasteiger partial charge on any atom is 0.337 e. The molecule has 1 unspecified atom stereocenters. The average Bonchev–Trinajstić information content (AvgIpc) is 2.53. The minimum Gasteiger partial charge on any atom is -0.480 e. The number of aliphatic carboxylic acids is 1. The highest BCUT2D eigenvalue weighted by Crippen LogP contribution is 2.18. The van der Waals surface area contributed by atoms with Crippen LogP contribution in [0.1, 0.15) is 35.7 Å². The molecule has 0 aromatic heterocycles. The smallest absolute Gasteiger partial charge is 0.337 e. The Morgan fingerprint density at radius 1 is 1.25 bits per heavy atom. The van der Waals surface area contributed by atoms with Gasteiger partial charge in [-0.25, -0.2) is 13.2 Å². The molecule has 1 rings (SSSR count). The first kappa shape index (κ1) is 20.1. The number of nitrogens with one attached hydrogen (secondary N) is 1. The molecule has 2 N–H and O–H groups in total. The number of carbonyl (C=O) groups excluding carboxylic acids is 1. The van der Waals surface area contributed by atoms with Crippen LogP contribution in [-0.4, -0.2) is 45.7 Å². The maximum atomic E-state index is 12.5. The highest BCUT2D eigenvalue weighted by Gasteiger charge is 2.26. The van der Waals surface area contributed by atoms with Crippen molar-refractivity contribution in [1.82, 2.24) is 4.72 Å². The van der Waals surface area contributed by atoms with E-state index in [-0.39, 0.29) is 23.5 Å². The molecule has 0 fully saturated rings. The Bertz CT molecular complexity index is 700. The molecule has 0 spiro atoms. The summed E-state index contributed by atoms with van der Waals surface area (Å²) in [7, 11) is -1.52. The SMILES string of the molecule is CCCC(NS(=O)(=O)c1cc(COC)cc(C(=O)OC)c1)C(=O)O. The summed E-state index contributed by atoms with van der Waals surface area (Å²) >= 11 is 0. The Morgan fingerprint density at radius 2 is 1.92 bits per heavy atom. The molecule has 0 aliphatic heterocycles.